The first-order valence-corrected chi connectivity index (χ1v) is 33.3. The summed E-state index contributed by atoms with van der Waals surface area (Å²) in [5.41, 5.74) is 0. The number of hydrogen-bond donors (Lipinski definition) is 0. The Morgan fingerprint density at radius 2 is 0.459 bits per heavy atom. The first-order valence-electron chi connectivity index (χ1n) is 33.3. The van der Waals surface area contributed by atoms with Crippen molar-refractivity contribution in [3.63, 3.8) is 0 Å². The summed E-state index contributed by atoms with van der Waals surface area (Å²) in [4.78, 5) is 38.2. The van der Waals surface area contributed by atoms with Crippen molar-refractivity contribution in [2.45, 2.75) is 380 Å². The maximum Gasteiger partial charge on any atom is 0.306 e. The van der Waals surface area contributed by atoms with Gasteiger partial charge in [-0.1, -0.05) is 315 Å². The van der Waals surface area contributed by atoms with E-state index in [1.54, 1.807) is 0 Å². The fraction of sp³-hybridized carbons (Fsp3) is 0.897. The Balaban J connectivity index is 4.05. The van der Waals surface area contributed by atoms with E-state index in [1.165, 1.54) is 263 Å². The summed E-state index contributed by atoms with van der Waals surface area (Å²) in [5, 5.41) is 0. The summed E-state index contributed by atoms with van der Waals surface area (Å²) in [7, 11) is 0. The predicted octanol–water partition coefficient (Wildman–Crippen LogP) is 22.6. The Kier molecular flexibility index (Phi) is 61.6. The minimum Gasteiger partial charge on any atom is -0.462 e. The molecule has 0 aromatic rings. The Labute approximate surface area is 462 Å². The standard InChI is InChI=1S/C68H128O6/c1-4-7-10-13-16-19-22-24-26-27-28-29-30-31-32-33-34-35-36-37-38-39-40-41-42-44-46-49-52-55-58-61-67(70)73-64-65(63-72-66(69)60-57-54-51-48-45-21-18-15-12-9-6-3)74-68(71)62-59-56-53-50-47-43-25-23-20-17-14-11-8-5-2/h15,18,23,25,65H,4-14,16-17,19-22,24,26-64H2,1-3H3/b18-15-,25-23-. The molecule has 0 spiro atoms. The molecule has 0 bridgehead atoms. The number of carbonyl (C=O) groups is 3. The lowest BCUT2D eigenvalue weighted by Crippen LogP contribution is -2.30. The fourth-order valence-corrected chi connectivity index (χ4v) is 10.1. The zero-order valence-electron chi connectivity index (χ0n) is 50.1. The smallest absolute Gasteiger partial charge is 0.306 e. The molecule has 0 rings (SSSR count). The van der Waals surface area contributed by atoms with Crippen LogP contribution in [0.2, 0.25) is 0 Å². The number of allylic oxidation sites excluding steroid dienone is 4. The van der Waals surface area contributed by atoms with E-state index in [1.807, 2.05) is 0 Å². The third kappa shape index (κ3) is 60.8. The SMILES string of the molecule is CCCC/C=C\CCCCCCCC(=O)OCC(COC(=O)CCCCCCCCCCCCCCCCCCCCCCCCCCCCCCCCC)OC(=O)CCCCCCC/C=C\CCCCCCC. The van der Waals surface area contributed by atoms with Crippen molar-refractivity contribution >= 4 is 17.9 Å². The van der Waals surface area contributed by atoms with Crippen LogP contribution < -0.4 is 0 Å². The van der Waals surface area contributed by atoms with Crippen LogP contribution in [0, 0.1) is 0 Å². The van der Waals surface area contributed by atoms with Crippen LogP contribution in [0.15, 0.2) is 24.3 Å². The van der Waals surface area contributed by atoms with Crippen LogP contribution in [0.25, 0.3) is 0 Å². The number of rotatable bonds is 62. The molecule has 0 saturated carbocycles. The van der Waals surface area contributed by atoms with E-state index in [4.69, 9.17) is 14.2 Å². The zero-order valence-corrected chi connectivity index (χ0v) is 50.1. The molecule has 6 nitrogen and oxygen atoms in total. The molecule has 0 N–H and O–H groups in total. The molecule has 0 aliphatic heterocycles. The highest BCUT2D eigenvalue weighted by Crippen LogP contribution is 2.18. The minimum atomic E-state index is -0.775. The second-order valence-electron chi connectivity index (χ2n) is 22.7. The average molecular weight is 1040 g/mol. The van der Waals surface area contributed by atoms with Crippen LogP contribution in [0.1, 0.15) is 374 Å². The number of unbranched alkanes of at least 4 members (excludes halogenated alkanes) is 47. The van der Waals surface area contributed by atoms with Gasteiger partial charge >= 0.3 is 17.9 Å². The molecule has 74 heavy (non-hydrogen) atoms. The van der Waals surface area contributed by atoms with E-state index in [0.29, 0.717) is 19.3 Å². The molecule has 0 amide bonds. The molecule has 0 aromatic heterocycles. The average Bonchev–Trinajstić information content (AvgIpc) is 3.40. The Hall–Kier alpha value is -2.11. The first kappa shape index (κ1) is 71.9. The van der Waals surface area contributed by atoms with E-state index in [-0.39, 0.29) is 31.1 Å². The molecule has 0 aliphatic carbocycles. The van der Waals surface area contributed by atoms with Gasteiger partial charge in [0.2, 0.25) is 0 Å². The maximum atomic E-state index is 12.8. The van der Waals surface area contributed by atoms with Gasteiger partial charge in [-0.25, -0.2) is 0 Å². The van der Waals surface area contributed by atoms with Crippen molar-refractivity contribution in [3.05, 3.63) is 24.3 Å². The van der Waals surface area contributed by atoms with Gasteiger partial charge in [-0.2, -0.15) is 0 Å². The van der Waals surface area contributed by atoms with E-state index >= 15 is 0 Å². The Morgan fingerprint density at radius 1 is 0.257 bits per heavy atom. The quantitative estimate of drug-likeness (QED) is 0.0261. The van der Waals surface area contributed by atoms with Crippen molar-refractivity contribution in [1.82, 2.24) is 0 Å². The lowest BCUT2D eigenvalue weighted by atomic mass is 10.0. The van der Waals surface area contributed by atoms with Crippen molar-refractivity contribution < 1.29 is 28.6 Å². The van der Waals surface area contributed by atoms with Gasteiger partial charge in [0.05, 0.1) is 0 Å². The molecule has 0 fully saturated rings. The lowest BCUT2D eigenvalue weighted by molar-refractivity contribution is -0.167. The van der Waals surface area contributed by atoms with Crippen LogP contribution >= 0.6 is 0 Å². The molecule has 0 aromatic carbocycles. The molecule has 6 heteroatoms. The fourth-order valence-electron chi connectivity index (χ4n) is 10.1. The van der Waals surface area contributed by atoms with Crippen molar-refractivity contribution in [2.24, 2.45) is 0 Å². The Bertz CT molecular complexity index is 1190. The predicted molar refractivity (Wildman–Crippen MR) is 321 cm³/mol. The van der Waals surface area contributed by atoms with Crippen LogP contribution in [0.4, 0.5) is 0 Å². The van der Waals surface area contributed by atoms with Gasteiger partial charge in [0.1, 0.15) is 13.2 Å². The molecular weight excluding hydrogens is 913 g/mol. The zero-order chi connectivity index (χ0) is 53.6. The number of hydrogen-bond acceptors (Lipinski definition) is 6. The number of esters is 3. The van der Waals surface area contributed by atoms with Crippen LogP contribution in [0.5, 0.6) is 0 Å². The summed E-state index contributed by atoms with van der Waals surface area (Å²) < 4.78 is 16.9. The Morgan fingerprint density at radius 3 is 0.716 bits per heavy atom. The van der Waals surface area contributed by atoms with Crippen molar-refractivity contribution in [1.29, 1.82) is 0 Å². The largest absolute Gasteiger partial charge is 0.462 e. The van der Waals surface area contributed by atoms with Crippen LogP contribution in [-0.2, 0) is 28.6 Å². The second kappa shape index (κ2) is 63.4. The third-order valence-corrected chi connectivity index (χ3v) is 15.2. The van der Waals surface area contributed by atoms with Gasteiger partial charge in [-0.05, 0) is 64.2 Å². The highest BCUT2D eigenvalue weighted by atomic mass is 16.6. The highest BCUT2D eigenvalue weighted by molar-refractivity contribution is 5.71. The summed E-state index contributed by atoms with van der Waals surface area (Å²) in [6, 6.07) is 0. The van der Waals surface area contributed by atoms with Crippen LogP contribution in [0.3, 0.4) is 0 Å². The van der Waals surface area contributed by atoms with Gasteiger partial charge in [0.15, 0.2) is 6.10 Å². The van der Waals surface area contributed by atoms with Gasteiger partial charge in [-0.3, -0.25) is 14.4 Å². The van der Waals surface area contributed by atoms with Gasteiger partial charge < -0.3 is 14.2 Å². The summed E-state index contributed by atoms with van der Waals surface area (Å²) in [5.74, 6) is -0.870. The number of ether oxygens (including phenoxy) is 3. The second-order valence-corrected chi connectivity index (χ2v) is 22.7. The normalized spacial score (nSPS) is 12.1. The van der Waals surface area contributed by atoms with Gasteiger partial charge in [-0.15, -0.1) is 0 Å². The molecule has 0 radical (unpaired) electrons. The summed E-state index contributed by atoms with van der Waals surface area (Å²) in [6.07, 6.45) is 76.5. The topological polar surface area (TPSA) is 78.9 Å². The number of carbonyl (C=O) groups excluding carboxylic acids is 3. The lowest BCUT2D eigenvalue weighted by Gasteiger charge is -2.18. The molecule has 0 heterocycles. The third-order valence-electron chi connectivity index (χ3n) is 15.2. The monoisotopic (exact) mass is 1040 g/mol. The minimum absolute atomic E-state index is 0.0728. The van der Waals surface area contributed by atoms with Gasteiger partial charge in [0, 0.05) is 19.3 Å². The van der Waals surface area contributed by atoms with E-state index < -0.39 is 6.10 Å². The molecule has 0 saturated heterocycles. The highest BCUT2D eigenvalue weighted by Gasteiger charge is 2.19. The van der Waals surface area contributed by atoms with E-state index in [9.17, 15) is 14.4 Å². The molecule has 436 valence electrons. The van der Waals surface area contributed by atoms with Crippen LogP contribution in [-0.4, -0.2) is 37.2 Å². The molecule has 1 unspecified atom stereocenters. The van der Waals surface area contributed by atoms with Crippen molar-refractivity contribution in [2.75, 3.05) is 13.2 Å². The first-order chi connectivity index (χ1) is 36.5. The van der Waals surface area contributed by atoms with Crippen molar-refractivity contribution in [3.8, 4) is 0 Å². The maximum absolute atomic E-state index is 12.8. The van der Waals surface area contributed by atoms with E-state index in [0.717, 1.165) is 70.6 Å². The summed E-state index contributed by atoms with van der Waals surface area (Å²) in [6.45, 7) is 6.64. The molecule has 0 aliphatic rings. The van der Waals surface area contributed by atoms with E-state index in [2.05, 4.69) is 45.1 Å². The van der Waals surface area contributed by atoms with Gasteiger partial charge in [0.25, 0.3) is 0 Å². The summed E-state index contributed by atoms with van der Waals surface area (Å²) >= 11 is 0. The molecule has 1 atom stereocenters. The molecular formula is C68H128O6.